The lowest BCUT2D eigenvalue weighted by atomic mass is 10.0. The Balaban J connectivity index is 0.00000196. The molecule has 0 bridgehead atoms. The van der Waals surface area contributed by atoms with Gasteiger partial charge in [-0.1, -0.05) is 18.6 Å². The van der Waals surface area contributed by atoms with Gasteiger partial charge in [-0.3, -0.25) is 4.57 Å². The average Bonchev–Trinajstić information content (AvgIpc) is 2.99. The maximum atomic E-state index is 12.4. The zero-order valence-corrected chi connectivity index (χ0v) is 16.3. The lowest BCUT2D eigenvalue weighted by Crippen LogP contribution is -2.39. The van der Waals surface area contributed by atoms with E-state index in [1.165, 1.54) is 51.9 Å². The number of halogens is 1. The number of likely N-dealkylation sites (tertiary alicyclic amines) is 2. The summed E-state index contributed by atoms with van der Waals surface area (Å²) in [5.74, 6) is 0. The third-order valence-electron chi connectivity index (χ3n) is 5.94. The summed E-state index contributed by atoms with van der Waals surface area (Å²) in [5.41, 5.74) is 2.05. The molecule has 3 heterocycles. The Morgan fingerprint density at radius 3 is 2.31 bits per heavy atom. The van der Waals surface area contributed by atoms with Crippen LogP contribution in [-0.4, -0.2) is 58.6 Å². The van der Waals surface area contributed by atoms with E-state index in [9.17, 15) is 4.79 Å². The van der Waals surface area contributed by atoms with Crippen LogP contribution < -0.4 is 5.69 Å². The number of aromatic amines is 1. The van der Waals surface area contributed by atoms with Gasteiger partial charge < -0.3 is 14.8 Å². The standard InChI is InChI=1S/C20H30N4O.ClH/c25-20-21-18-7-2-3-8-19(18)24(20)17-9-15-23(16-10-17)14-6-13-22-11-4-1-5-12-22;/h2-3,7-8,17H,1,4-6,9-16H2,(H,21,25);1H. The minimum Gasteiger partial charge on any atom is -0.306 e. The molecular formula is C20H31ClN4O. The first-order valence-electron chi connectivity index (χ1n) is 9.95. The van der Waals surface area contributed by atoms with Crippen LogP contribution in [0.2, 0.25) is 0 Å². The highest BCUT2D eigenvalue weighted by atomic mass is 35.5. The molecule has 6 heteroatoms. The number of aromatic nitrogens is 2. The Labute approximate surface area is 161 Å². The maximum absolute atomic E-state index is 12.4. The van der Waals surface area contributed by atoms with Gasteiger partial charge in [0, 0.05) is 19.1 Å². The van der Waals surface area contributed by atoms with E-state index < -0.39 is 0 Å². The Hall–Kier alpha value is -1.30. The highest BCUT2D eigenvalue weighted by Crippen LogP contribution is 2.24. The predicted octanol–water partition coefficient (Wildman–Crippen LogP) is 3.26. The van der Waals surface area contributed by atoms with Crippen molar-refractivity contribution in [3.05, 3.63) is 34.7 Å². The molecule has 2 fully saturated rings. The average molecular weight is 379 g/mol. The number of hydrogen-bond donors (Lipinski definition) is 1. The monoisotopic (exact) mass is 378 g/mol. The number of piperidine rings is 2. The van der Waals surface area contributed by atoms with E-state index >= 15 is 0 Å². The van der Waals surface area contributed by atoms with Crippen LogP contribution in [0.4, 0.5) is 0 Å². The number of imidazole rings is 1. The minimum atomic E-state index is 0. The summed E-state index contributed by atoms with van der Waals surface area (Å²) < 4.78 is 1.99. The highest BCUT2D eigenvalue weighted by molar-refractivity contribution is 5.85. The lowest BCUT2D eigenvalue weighted by Gasteiger charge is -2.33. The first kappa shape index (κ1) is 19.5. The molecule has 0 saturated carbocycles. The Morgan fingerprint density at radius 1 is 0.923 bits per heavy atom. The van der Waals surface area contributed by atoms with Gasteiger partial charge in [0.15, 0.2) is 0 Å². The summed E-state index contributed by atoms with van der Waals surface area (Å²) in [6, 6.07) is 8.37. The second kappa shape index (κ2) is 9.07. The quantitative estimate of drug-likeness (QED) is 0.868. The number of benzene rings is 1. The van der Waals surface area contributed by atoms with Crippen molar-refractivity contribution in [1.82, 2.24) is 19.4 Å². The molecule has 1 aromatic heterocycles. The molecule has 0 radical (unpaired) electrons. The number of hydrogen-bond acceptors (Lipinski definition) is 3. The SMILES string of the molecule is Cl.O=c1[nH]c2ccccc2n1C1CCN(CCCN2CCCCC2)CC1. The van der Waals surface area contributed by atoms with Gasteiger partial charge in [-0.2, -0.15) is 0 Å². The summed E-state index contributed by atoms with van der Waals surface area (Å²) >= 11 is 0. The van der Waals surface area contributed by atoms with Gasteiger partial charge in [-0.05, 0) is 70.4 Å². The molecule has 1 aromatic carbocycles. The van der Waals surface area contributed by atoms with Crippen molar-refractivity contribution in [3.63, 3.8) is 0 Å². The Bertz CT molecular complexity index is 742. The van der Waals surface area contributed by atoms with Crippen molar-refractivity contribution in [3.8, 4) is 0 Å². The van der Waals surface area contributed by atoms with Crippen molar-refractivity contribution in [2.75, 3.05) is 39.3 Å². The summed E-state index contributed by atoms with van der Waals surface area (Å²) in [7, 11) is 0. The zero-order chi connectivity index (χ0) is 17.1. The Kier molecular flexibility index (Phi) is 6.79. The number of nitrogens with zero attached hydrogens (tertiary/aromatic N) is 3. The molecule has 144 valence electrons. The number of fused-ring (bicyclic) bond motifs is 1. The molecule has 1 N–H and O–H groups in total. The van der Waals surface area contributed by atoms with Crippen LogP contribution in [0.1, 0.15) is 44.6 Å². The molecule has 0 atom stereocenters. The molecule has 2 saturated heterocycles. The summed E-state index contributed by atoms with van der Waals surface area (Å²) in [6.45, 7) is 7.26. The van der Waals surface area contributed by atoms with E-state index in [1.54, 1.807) is 0 Å². The van der Waals surface area contributed by atoms with Crippen molar-refractivity contribution in [1.29, 1.82) is 0 Å². The van der Waals surface area contributed by atoms with Gasteiger partial charge in [-0.25, -0.2) is 4.79 Å². The van der Waals surface area contributed by atoms with Gasteiger partial charge in [0.2, 0.25) is 0 Å². The van der Waals surface area contributed by atoms with Crippen LogP contribution in [0.25, 0.3) is 11.0 Å². The third kappa shape index (κ3) is 4.33. The molecule has 0 unspecified atom stereocenters. The second-order valence-corrected chi connectivity index (χ2v) is 7.65. The fourth-order valence-electron chi connectivity index (χ4n) is 4.54. The summed E-state index contributed by atoms with van der Waals surface area (Å²) in [5, 5.41) is 0. The summed E-state index contributed by atoms with van der Waals surface area (Å²) in [6.07, 6.45) is 7.60. The number of rotatable bonds is 5. The van der Waals surface area contributed by atoms with Crippen LogP contribution in [0.3, 0.4) is 0 Å². The van der Waals surface area contributed by atoms with Gasteiger partial charge in [-0.15, -0.1) is 12.4 Å². The first-order valence-corrected chi connectivity index (χ1v) is 9.95. The lowest BCUT2D eigenvalue weighted by molar-refractivity contribution is 0.166. The molecule has 26 heavy (non-hydrogen) atoms. The zero-order valence-electron chi connectivity index (χ0n) is 15.5. The molecule has 0 spiro atoms. The van der Waals surface area contributed by atoms with Gasteiger partial charge in [0.25, 0.3) is 0 Å². The van der Waals surface area contributed by atoms with Crippen molar-refractivity contribution < 1.29 is 0 Å². The molecule has 0 amide bonds. The fourth-order valence-corrected chi connectivity index (χ4v) is 4.54. The van der Waals surface area contributed by atoms with E-state index in [2.05, 4.69) is 20.9 Å². The van der Waals surface area contributed by atoms with Crippen molar-refractivity contribution >= 4 is 23.4 Å². The molecule has 5 nitrogen and oxygen atoms in total. The van der Waals surface area contributed by atoms with Gasteiger partial charge >= 0.3 is 5.69 Å². The molecule has 2 aliphatic rings. The largest absolute Gasteiger partial charge is 0.326 e. The van der Waals surface area contributed by atoms with Crippen molar-refractivity contribution in [2.45, 2.75) is 44.6 Å². The molecule has 0 aliphatic carbocycles. The molecule has 2 aliphatic heterocycles. The third-order valence-corrected chi connectivity index (χ3v) is 5.94. The van der Waals surface area contributed by atoms with E-state index in [0.29, 0.717) is 6.04 Å². The van der Waals surface area contributed by atoms with Crippen LogP contribution in [-0.2, 0) is 0 Å². The van der Waals surface area contributed by atoms with E-state index in [1.807, 2.05) is 22.8 Å². The number of para-hydroxylation sites is 2. The smallest absolute Gasteiger partial charge is 0.306 e. The van der Waals surface area contributed by atoms with E-state index in [4.69, 9.17) is 0 Å². The molecular weight excluding hydrogens is 348 g/mol. The van der Waals surface area contributed by atoms with Crippen LogP contribution in [0, 0.1) is 0 Å². The normalized spacial score (nSPS) is 20.3. The topological polar surface area (TPSA) is 44.3 Å². The Morgan fingerprint density at radius 2 is 1.58 bits per heavy atom. The molecule has 2 aromatic rings. The van der Waals surface area contributed by atoms with Gasteiger partial charge in [0.1, 0.15) is 0 Å². The highest BCUT2D eigenvalue weighted by Gasteiger charge is 2.23. The fraction of sp³-hybridized carbons (Fsp3) is 0.650. The van der Waals surface area contributed by atoms with Crippen LogP contribution in [0.5, 0.6) is 0 Å². The van der Waals surface area contributed by atoms with E-state index in [-0.39, 0.29) is 18.1 Å². The number of nitrogens with one attached hydrogen (secondary N) is 1. The predicted molar refractivity (Wildman–Crippen MR) is 109 cm³/mol. The summed E-state index contributed by atoms with van der Waals surface area (Å²) in [4.78, 5) is 20.6. The molecule has 4 rings (SSSR count). The van der Waals surface area contributed by atoms with Crippen LogP contribution in [0.15, 0.2) is 29.1 Å². The number of H-pyrrole nitrogens is 1. The van der Waals surface area contributed by atoms with Crippen LogP contribution >= 0.6 is 12.4 Å². The van der Waals surface area contributed by atoms with Crippen molar-refractivity contribution in [2.24, 2.45) is 0 Å². The second-order valence-electron chi connectivity index (χ2n) is 7.65. The minimum absolute atomic E-state index is 0. The maximum Gasteiger partial charge on any atom is 0.326 e. The van der Waals surface area contributed by atoms with E-state index in [0.717, 1.165) is 37.0 Å². The van der Waals surface area contributed by atoms with Gasteiger partial charge in [0.05, 0.1) is 11.0 Å². The first-order chi connectivity index (χ1) is 12.3.